The number of aromatic nitrogens is 3. The standard InChI is InChI=1S/C12H18N6OS/c1-3-18-6-10(8(2)17-18)16-12(19)14-5-4-9-7-20-11(13)15-9/h6-7H,3-5H2,1-2H3,(H2,13,15)(H2,14,16,19). The van der Waals surface area contributed by atoms with Crippen molar-refractivity contribution < 1.29 is 4.79 Å². The molecule has 2 aromatic heterocycles. The van der Waals surface area contributed by atoms with Crippen LogP contribution in [0, 0.1) is 6.92 Å². The highest BCUT2D eigenvalue weighted by molar-refractivity contribution is 7.13. The third-order valence-electron chi connectivity index (χ3n) is 2.75. The van der Waals surface area contributed by atoms with Gasteiger partial charge in [-0.05, 0) is 13.8 Å². The van der Waals surface area contributed by atoms with Crippen molar-refractivity contribution in [3.8, 4) is 0 Å². The molecule has 2 heterocycles. The fourth-order valence-electron chi connectivity index (χ4n) is 1.71. The number of rotatable bonds is 5. The van der Waals surface area contributed by atoms with Crippen LogP contribution >= 0.6 is 11.3 Å². The van der Waals surface area contributed by atoms with Crippen LogP contribution in [0.15, 0.2) is 11.6 Å². The fraction of sp³-hybridized carbons (Fsp3) is 0.417. The second kappa shape index (κ2) is 6.38. The van der Waals surface area contributed by atoms with Gasteiger partial charge in [0.05, 0.1) is 17.1 Å². The number of nitrogen functional groups attached to an aromatic ring is 1. The lowest BCUT2D eigenvalue weighted by Crippen LogP contribution is -2.30. The van der Waals surface area contributed by atoms with E-state index in [-0.39, 0.29) is 6.03 Å². The summed E-state index contributed by atoms with van der Waals surface area (Å²) < 4.78 is 1.78. The monoisotopic (exact) mass is 294 g/mol. The van der Waals surface area contributed by atoms with E-state index < -0.39 is 0 Å². The Kier molecular flexibility index (Phi) is 4.57. The Balaban J connectivity index is 1.78. The van der Waals surface area contributed by atoms with E-state index in [1.807, 2.05) is 25.4 Å². The van der Waals surface area contributed by atoms with Crippen LogP contribution in [0.5, 0.6) is 0 Å². The summed E-state index contributed by atoms with van der Waals surface area (Å²) in [7, 11) is 0. The molecule has 0 saturated heterocycles. The Hall–Kier alpha value is -2.09. The molecular formula is C12H18N6OS. The highest BCUT2D eigenvalue weighted by Crippen LogP contribution is 2.12. The van der Waals surface area contributed by atoms with E-state index in [1.54, 1.807) is 4.68 Å². The molecule has 0 saturated carbocycles. The summed E-state index contributed by atoms with van der Waals surface area (Å²) in [6.45, 7) is 5.14. The normalized spacial score (nSPS) is 10.5. The van der Waals surface area contributed by atoms with Crippen LogP contribution in [-0.4, -0.2) is 27.3 Å². The second-order valence-electron chi connectivity index (χ2n) is 4.29. The molecule has 2 amide bonds. The molecule has 0 aliphatic rings. The van der Waals surface area contributed by atoms with Crippen molar-refractivity contribution >= 4 is 28.2 Å². The Morgan fingerprint density at radius 1 is 1.55 bits per heavy atom. The molecular weight excluding hydrogens is 276 g/mol. The van der Waals surface area contributed by atoms with Gasteiger partial charge in [-0.15, -0.1) is 11.3 Å². The fourth-order valence-corrected chi connectivity index (χ4v) is 2.31. The minimum atomic E-state index is -0.244. The van der Waals surface area contributed by atoms with Crippen LogP contribution in [0.25, 0.3) is 0 Å². The lowest BCUT2D eigenvalue weighted by Gasteiger charge is -2.05. The Morgan fingerprint density at radius 3 is 2.95 bits per heavy atom. The predicted octanol–water partition coefficient (Wildman–Crippen LogP) is 1.61. The SMILES string of the molecule is CCn1cc(NC(=O)NCCc2csc(N)n2)c(C)n1. The average Bonchev–Trinajstić information content (AvgIpc) is 2.96. The molecule has 0 atom stereocenters. The number of nitrogens with one attached hydrogen (secondary N) is 2. The number of urea groups is 1. The first-order valence-electron chi connectivity index (χ1n) is 6.37. The van der Waals surface area contributed by atoms with Gasteiger partial charge in [0.2, 0.25) is 0 Å². The maximum Gasteiger partial charge on any atom is 0.319 e. The molecule has 20 heavy (non-hydrogen) atoms. The third-order valence-corrected chi connectivity index (χ3v) is 3.48. The van der Waals surface area contributed by atoms with E-state index in [0.717, 1.165) is 23.6 Å². The van der Waals surface area contributed by atoms with Gasteiger partial charge in [-0.2, -0.15) is 5.10 Å². The van der Waals surface area contributed by atoms with Crippen molar-refractivity contribution in [3.63, 3.8) is 0 Å². The molecule has 7 nitrogen and oxygen atoms in total. The molecule has 2 aromatic rings. The van der Waals surface area contributed by atoms with Crippen molar-refractivity contribution in [2.75, 3.05) is 17.6 Å². The highest BCUT2D eigenvalue weighted by Gasteiger charge is 2.08. The van der Waals surface area contributed by atoms with Crippen LogP contribution in [0.3, 0.4) is 0 Å². The molecule has 0 spiro atoms. The zero-order valence-electron chi connectivity index (χ0n) is 11.5. The minimum absolute atomic E-state index is 0.244. The first kappa shape index (κ1) is 14.3. The maximum atomic E-state index is 11.8. The smallest absolute Gasteiger partial charge is 0.319 e. The summed E-state index contributed by atoms with van der Waals surface area (Å²) >= 11 is 1.40. The number of hydrogen-bond donors (Lipinski definition) is 3. The maximum absolute atomic E-state index is 11.8. The summed E-state index contributed by atoms with van der Waals surface area (Å²) in [4.78, 5) is 15.9. The Labute approximate surface area is 121 Å². The molecule has 108 valence electrons. The molecule has 0 aromatic carbocycles. The van der Waals surface area contributed by atoms with E-state index in [1.165, 1.54) is 11.3 Å². The van der Waals surface area contributed by atoms with Gasteiger partial charge in [-0.1, -0.05) is 0 Å². The van der Waals surface area contributed by atoms with Crippen molar-refractivity contribution in [2.45, 2.75) is 26.8 Å². The van der Waals surface area contributed by atoms with E-state index in [4.69, 9.17) is 5.73 Å². The topological polar surface area (TPSA) is 97.9 Å². The summed E-state index contributed by atoms with van der Waals surface area (Å²) in [5.41, 5.74) is 7.96. The summed E-state index contributed by atoms with van der Waals surface area (Å²) in [6, 6.07) is -0.244. The van der Waals surface area contributed by atoms with E-state index in [0.29, 0.717) is 18.1 Å². The van der Waals surface area contributed by atoms with Gasteiger partial charge in [0.25, 0.3) is 0 Å². The van der Waals surface area contributed by atoms with Gasteiger partial charge in [-0.25, -0.2) is 9.78 Å². The zero-order chi connectivity index (χ0) is 14.5. The van der Waals surface area contributed by atoms with Crippen molar-refractivity contribution in [1.82, 2.24) is 20.1 Å². The molecule has 4 N–H and O–H groups in total. The zero-order valence-corrected chi connectivity index (χ0v) is 12.3. The van der Waals surface area contributed by atoms with Gasteiger partial charge < -0.3 is 16.4 Å². The van der Waals surface area contributed by atoms with Crippen molar-refractivity contribution in [2.24, 2.45) is 0 Å². The van der Waals surface area contributed by atoms with Gasteiger partial charge >= 0.3 is 6.03 Å². The Morgan fingerprint density at radius 2 is 2.35 bits per heavy atom. The number of thiazole rings is 1. The number of carbonyl (C=O) groups is 1. The molecule has 2 rings (SSSR count). The van der Waals surface area contributed by atoms with Crippen LogP contribution in [-0.2, 0) is 13.0 Å². The molecule has 0 unspecified atom stereocenters. The van der Waals surface area contributed by atoms with E-state index in [9.17, 15) is 4.79 Å². The number of nitrogens with zero attached hydrogens (tertiary/aromatic N) is 3. The largest absolute Gasteiger partial charge is 0.375 e. The number of nitrogens with two attached hydrogens (primary N) is 1. The molecule has 8 heteroatoms. The van der Waals surface area contributed by atoms with Crippen LogP contribution in [0.1, 0.15) is 18.3 Å². The molecule has 0 radical (unpaired) electrons. The molecule has 0 bridgehead atoms. The first-order valence-corrected chi connectivity index (χ1v) is 7.25. The summed E-state index contributed by atoms with van der Waals surface area (Å²) in [6.07, 6.45) is 2.48. The van der Waals surface area contributed by atoms with Gasteiger partial charge in [-0.3, -0.25) is 4.68 Å². The second-order valence-corrected chi connectivity index (χ2v) is 5.18. The number of anilines is 2. The van der Waals surface area contributed by atoms with Crippen LogP contribution < -0.4 is 16.4 Å². The van der Waals surface area contributed by atoms with E-state index >= 15 is 0 Å². The van der Waals surface area contributed by atoms with Crippen molar-refractivity contribution in [3.05, 3.63) is 23.0 Å². The van der Waals surface area contributed by atoms with Crippen LogP contribution in [0.4, 0.5) is 15.6 Å². The number of amides is 2. The molecule has 0 aliphatic heterocycles. The number of aryl methyl sites for hydroxylation is 2. The molecule has 0 fully saturated rings. The van der Waals surface area contributed by atoms with Gasteiger partial charge in [0, 0.05) is 31.1 Å². The summed E-state index contributed by atoms with van der Waals surface area (Å²) in [5.74, 6) is 0. The van der Waals surface area contributed by atoms with E-state index in [2.05, 4.69) is 20.7 Å². The quantitative estimate of drug-likeness (QED) is 0.780. The van der Waals surface area contributed by atoms with Crippen LogP contribution in [0.2, 0.25) is 0 Å². The minimum Gasteiger partial charge on any atom is -0.375 e. The lowest BCUT2D eigenvalue weighted by atomic mass is 10.3. The number of carbonyl (C=O) groups excluding carboxylic acids is 1. The highest BCUT2D eigenvalue weighted by atomic mass is 32.1. The summed E-state index contributed by atoms with van der Waals surface area (Å²) in [5, 5.41) is 12.3. The van der Waals surface area contributed by atoms with Crippen molar-refractivity contribution in [1.29, 1.82) is 0 Å². The average molecular weight is 294 g/mol. The third kappa shape index (κ3) is 3.70. The lowest BCUT2D eigenvalue weighted by molar-refractivity contribution is 0.252. The predicted molar refractivity (Wildman–Crippen MR) is 79.9 cm³/mol. The Bertz CT molecular complexity index is 591. The van der Waals surface area contributed by atoms with Gasteiger partial charge in [0.15, 0.2) is 5.13 Å². The number of hydrogen-bond acceptors (Lipinski definition) is 5. The molecule has 0 aliphatic carbocycles. The first-order chi connectivity index (χ1) is 9.58. The van der Waals surface area contributed by atoms with Gasteiger partial charge in [0.1, 0.15) is 0 Å².